The molecule has 1 aromatic rings. The number of carbonyl (C=O) groups excluding carboxylic acids is 1. The van der Waals surface area contributed by atoms with Crippen LogP contribution in [0.2, 0.25) is 0 Å². The van der Waals surface area contributed by atoms with E-state index in [1.54, 1.807) is 13.1 Å². The lowest BCUT2D eigenvalue weighted by Gasteiger charge is -2.31. The number of primary amides is 1. The molecule has 3 N–H and O–H groups in total. The number of amides is 1. The molecule has 1 fully saturated rings. The van der Waals surface area contributed by atoms with Crippen LogP contribution in [0.4, 0.5) is 5.82 Å². The molecule has 1 saturated heterocycles. The van der Waals surface area contributed by atoms with E-state index in [1.807, 2.05) is 12.1 Å². The van der Waals surface area contributed by atoms with E-state index in [-0.39, 0.29) is 11.8 Å². The minimum absolute atomic E-state index is 0.0128. The normalized spacial score (nSPS) is 18.7. The van der Waals surface area contributed by atoms with Crippen molar-refractivity contribution in [3.8, 4) is 0 Å². The van der Waals surface area contributed by atoms with Gasteiger partial charge in [0, 0.05) is 25.2 Å². The quantitative estimate of drug-likeness (QED) is 0.831. The van der Waals surface area contributed by atoms with Gasteiger partial charge in [0.2, 0.25) is 5.91 Å². The number of hydrogen-bond donors (Lipinski definition) is 2. The minimum Gasteiger partial charge on any atom is -0.389 e. The lowest BCUT2D eigenvalue weighted by Crippen LogP contribution is -2.38. The standard InChI is InChI=1S/C13H19N3O2/c1-9(17)11-2-5-15-12(8-11)16-6-3-10(4-7-16)13(14)18/h2,5,8-10,17H,3-4,6-7H2,1H3,(H2,14,18). The van der Waals surface area contributed by atoms with Crippen molar-refractivity contribution in [1.29, 1.82) is 0 Å². The number of aliphatic hydroxyl groups excluding tert-OH is 1. The molecule has 0 saturated carbocycles. The van der Waals surface area contributed by atoms with E-state index >= 15 is 0 Å². The predicted molar refractivity (Wildman–Crippen MR) is 69.0 cm³/mol. The Morgan fingerprint density at radius 2 is 2.22 bits per heavy atom. The third-order valence-electron chi connectivity index (χ3n) is 3.47. The minimum atomic E-state index is -0.491. The van der Waals surface area contributed by atoms with Crippen molar-refractivity contribution in [1.82, 2.24) is 4.98 Å². The summed E-state index contributed by atoms with van der Waals surface area (Å²) in [7, 11) is 0. The number of carbonyl (C=O) groups is 1. The van der Waals surface area contributed by atoms with Crippen LogP contribution < -0.4 is 10.6 Å². The number of nitrogens with two attached hydrogens (primary N) is 1. The van der Waals surface area contributed by atoms with E-state index in [0.29, 0.717) is 0 Å². The highest BCUT2D eigenvalue weighted by Gasteiger charge is 2.23. The zero-order valence-electron chi connectivity index (χ0n) is 10.5. The first-order valence-electron chi connectivity index (χ1n) is 6.26. The molecule has 1 aromatic heterocycles. The topological polar surface area (TPSA) is 79.5 Å². The maximum absolute atomic E-state index is 11.1. The van der Waals surface area contributed by atoms with Crippen LogP contribution in [-0.4, -0.2) is 29.1 Å². The molecule has 0 spiro atoms. The van der Waals surface area contributed by atoms with Gasteiger partial charge in [-0.15, -0.1) is 0 Å². The first-order chi connectivity index (χ1) is 8.58. The van der Waals surface area contributed by atoms with E-state index in [1.165, 1.54) is 0 Å². The first kappa shape index (κ1) is 12.8. The molecule has 1 amide bonds. The fourth-order valence-electron chi connectivity index (χ4n) is 2.26. The van der Waals surface area contributed by atoms with E-state index in [4.69, 9.17) is 5.73 Å². The average Bonchev–Trinajstić information content (AvgIpc) is 2.39. The SMILES string of the molecule is CC(O)c1ccnc(N2CCC(C(N)=O)CC2)c1. The number of anilines is 1. The highest BCUT2D eigenvalue weighted by molar-refractivity contribution is 5.76. The molecule has 0 bridgehead atoms. The number of hydrogen-bond acceptors (Lipinski definition) is 4. The van der Waals surface area contributed by atoms with E-state index < -0.39 is 6.10 Å². The molecule has 5 heteroatoms. The van der Waals surface area contributed by atoms with Crippen LogP contribution in [0.5, 0.6) is 0 Å². The molecule has 18 heavy (non-hydrogen) atoms. The summed E-state index contributed by atoms with van der Waals surface area (Å²) in [4.78, 5) is 17.5. The molecule has 2 rings (SSSR count). The van der Waals surface area contributed by atoms with Crippen molar-refractivity contribution < 1.29 is 9.90 Å². The van der Waals surface area contributed by atoms with Crippen LogP contribution in [0.15, 0.2) is 18.3 Å². The van der Waals surface area contributed by atoms with Gasteiger partial charge >= 0.3 is 0 Å². The Labute approximate surface area is 107 Å². The zero-order chi connectivity index (χ0) is 13.1. The summed E-state index contributed by atoms with van der Waals surface area (Å²) in [6.45, 7) is 3.30. The van der Waals surface area contributed by atoms with Crippen molar-refractivity contribution in [3.63, 3.8) is 0 Å². The Bertz CT molecular complexity index is 426. The third-order valence-corrected chi connectivity index (χ3v) is 3.47. The highest BCUT2D eigenvalue weighted by atomic mass is 16.3. The number of piperidine rings is 1. The summed E-state index contributed by atoms with van der Waals surface area (Å²) in [5.74, 6) is 0.637. The molecule has 0 aliphatic carbocycles. The molecule has 0 aromatic carbocycles. The van der Waals surface area contributed by atoms with Crippen molar-refractivity contribution in [2.45, 2.75) is 25.9 Å². The van der Waals surface area contributed by atoms with Gasteiger partial charge < -0.3 is 15.7 Å². The van der Waals surface area contributed by atoms with Crippen LogP contribution >= 0.6 is 0 Å². The molecule has 5 nitrogen and oxygen atoms in total. The maximum atomic E-state index is 11.1. The predicted octanol–water partition coefficient (Wildman–Crippen LogP) is 0.837. The van der Waals surface area contributed by atoms with Crippen LogP contribution in [0.1, 0.15) is 31.4 Å². The number of rotatable bonds is 3. The second kappa shape index (κ2) is 5.35. The van der Waals surface area contributed by atoms with Crippen LogP contribution in [0.25, 0.3) is 0 Å². The Hall–Kier alpha value is -1.62. The average molecular weight is 249 g/mol. The molecular weight excluding hydrogens is 230 g/mol. The largest absolute Gasteiger partial charge is 0.389 e. The Kier molecular flexibility index (Phi) is 3.81. The van der Waals surface area contributed by atoms with Gasteiger partial charge in [0.25, 0.3) is 0 Å². The van der Waals surface area contributed by atoms with Gasteiger partial charge in [-0.1, -0.05) is 0 Å². The second-order valence-electron chi connectivity index (χ2n) is 4.79. The van der Waals surface area contributed by atoms with E-state index in [0.717, 1.165) is 37.3 Å². The Morgan fingerprint density at radius 3 is 2.78 bits per heavy atom. The number of nitrogens with zero attached hydrogens (tertiary/aromatic N) is 2. The lowest BCUT2D eigenvalue weighted by atomic mass is 9.96. The Morgan fingerprint density at radius 1 is 1.56 bits per heavy atom. The summed E-state index contributed by atoms with van der Waals surface area (Å²) in [5, 5.41) is 9.55. The van der Waals surface area contributed by atoms with E-state index in [2.05, 4.69) is 9.88 Å². The zero-order valence-corrected chi connectivity index (χ0v) is 10.5. The Balaban J connectivity index is 2.05. The van der Waals surface area contributed by atoms with Gasteiger partial charge in [0.05, 0.1) is 6.10 Å². The van der Waals surface area contributed by atoms with Gasteiger partial charge in [0.15, 0.2) is 0 Å². The van der Waals surface area contributed by atoms with E-state index in [9.17, 15) is 9.90 Å². The molecule has 1 atom stereocenters. The highest BCUT2D eigenvalue weighted by Crippen LogP contribution is 2.23. The first-order valence-corrected chi connectivity index (χ1v) is 6.26. The smallest absolute Gasteiger partial charge is 0.220 e. The van der Waals surface area contributed by atoms with Crippen molar-refractivity contribution >= 4 is 11.7 Å². The van der Waals surface area contributed by atoms with Gasteiger partial charge in [-0.25, -0.2) is 4.98 Å². The van der Waals surface area contributed by atoms with Gasteiger partial charge in [-0.05, 0) is 37.5 Å². The van der Waals surface area contributed by atoms with Crippen molar-refractivity contribution in [2.24, 2.45) is 11.7 Å². The van der Waals surface area contributed by atoms with Crippen molar-refractivity contribution in [2.75, 3.05) is 18.0 Å². The summed E-state index contributed by atoms with van der Waals surface area (Å²) < 4.78 is 0. The fourth-order valence-corrected chi connectivity index (χ4v) is 2.26. The maximum Gasteiger partial charge on any atom is 0.220 e. The summed E-state index contributed by atoms with van der Waals surface area (Å²) in [6.07, 6.45) is 2.76. The molecule has 0 radical (unpaired) electrons. The second-order valence-corrected chi connectivity index (χ2v) is 4.79. The molecule has 1 aliphatic rings. The summed E-state index contributed by atoms with van der Waals surface area (Å²) in [5.41, 5.74) is 6.17. The third kappa shape index (κ3) is 2.79. The molecule has 2 heterocycles. The lowest BCUT2D eigenvalue weighted by molar-refractivity contribution is -0.122. The van der Waals surface area contributed by atoms with Crippen LogP contribution in [-0.2, 0) is 4.79 Å². The monoisotopic (exact) mass is 249 g/mol. The summed E-state index contributed by atoms with van der Waals surface area (Å²) in [6, 6.07) is 3.71. The number of pyridine rings is 1. The van der Waals surface area contributed by atoms with Crippen LogP contribution in [0.3, 0.4) is 0 Å². The van der Waals surface area contributed by atoms with Gasteiger partial charge in [-0.2, -0.15) is 0 Å². The summed E-state index contributed by atoms with van der Waals surface area (Å²) >= 11 is 0. The molecule has 1 unspecified atom stereocenters. The number of aliphatic hydroxyl groups is 1. The molecule has 1 aliphatic heterocycles. The fraction of sp³-hybridized carbons (Fsp3) is 0.538. The molecular formula is C13H19N3O2. The van der Waals surface area contributed by atoms with Crippen LogP contribution in [0, 0.1) is 5.92 Å². The van der Waals surface area contributed by atoms with Gasteiger partial charge in [0.1, 0.15) is 5.82 Å². The molecule has 98 valence electrons. The van der Waals surface area contributed by atoms with Gasteiger partial charge in [-0.3, -0.25) is 4.79 Å². The number of aromatic nitrogens is 1. The van der Waals surface area contributed by atoms with Crippen molar-refractivity contribution in [3.05, 3.63) is 23.9 Å².